The van der Waals surface area contributed by atoms with E-state index in [1.165, 1.54) is 6.07 Å². The first-order valence-corrected chi connectivity index (χ1v) is 8.05. The summed E-state index contributed by atoms with van der Waals surface area (Å²) in [5.41, 5.74) is 3.19. The van der Waals surface area contributed by atoms with Crippen LogP contribution in [0.2, 0.25) is 0 Å². The smallest absolute Gasteiger partial charge is 0.123 e. The van der Waals surface area contributed by atoms with E-state index in [2.05, 4.69) is 15.5 Å². The van der Waals surface area contributed by atoms with Crippen LogP contribution in [-0.2, 0) is 11.3 Å². The molecule has 23 heavy (non-hydrogen) atoms. The van der Waals surface area contributed by atoms with Gasteiger partial charge in [-0.15, -0.1) is 0 Å². The third-order valence-corrected chi connectivity index (χ3v) is 4.77. The Morgan fingerprint density at radius 3 is 2.70 bits per heavy atom. The van der Waals surface area contributed by atoms with E-state index >= 15 is 0 Å². The van der Waals surface area contributed by atoms with Crippen molar-refractivity contribution in [3.63, 3.8) is 0 Å². The number of aryl methyl sites for hydroxylation is 1. The molecule has 0 aliphatic carbocycles. The number of hydrogen-bond donors (Lipinski definition) is 0. The lowest BCUT2D eigenvalue weighted by Gasteiger charge is -2.28. The fourth-order valence-electron chi connectivity index (χ4n) is 3.31. The summed E-state index contributed by atoms with van der Waals surface area (Å²) in [6, 6.07) is 7.31. The molecule has 122 valence electrons. The summed E-state index contributed by atoms with van der Waals surface area (Å²) in [5, 5.41) is 10.5. The number of ether oxygens (including phenoxy) is 1. The molecule has 1 aromatic carbocycles. The minimum Gasteiger partial charge on any atom is -0.379 e. The maximum absolute atomic E-state index is 13.5. The Labute approximate surface area is 136 Å². The predicted molar refractivity (Wildman–Crippen MR) is 87.7 cm³/mol. The molecular weight excluding hydrogens is 293 g/mol. The molecule has 1 unspecified atom stereocenters. The first-order valence-electron chi connectivity index (χ1n) is 8.05. The lowest BCUT2D eigenvalue weighted by Crippen LogP contribution is -2.39. The predicted octanol–water partition coefficient (Wildman–Crippen LogP) is 2.87. The summed E-state index contributed by atoms with van der Waals surface area (Å²) in [7, 11) is 0. The lowest BCUT2D eigenvalue weighted by molar-refractivity contribution is 0.0329. The summed E-state index contributed by atoms with van der Waals surface area (Å²) in [4.78, 5) is 2.28. The van der Waals surface area contributed by atoms with E-state index in [0.29, 0.717) is 6.54 Å². The summed E-state index contributed by atoms with van der Waals surface area (Å²) in [5.74, 6) is -0.310. The van der Waals surface area contributed by atoms with Crippen molar-refractivity contribution in [2.75, 3.05) is 32.8 Å². The third-order valence-electron chi connectivity index (χ3n) is 4.77. The van der Waals surface area contributed by atoms with E-state index in [4.69, 9.17) is 4.74 Å². The quantitative estimate of drug-likeness (QED) is 0.871. The molecule has 0 amide bonds. The summed E-state index contributed by atoms with van der Waals surface area (Å²) in [6.07, 6.45) is 0. The monoisotopic (exact) mass is 315 g/mol. The van der Waals surface area contributed by atoms with Gasteiger partial charge in [0, 0.05) is 42.8 Å². The van der Waals surface area contributed by atoms with E-state index in [0.717, 1.165) is 55.0 Å². The molecule has 1 fully saturated rings. The summed E-state index contributed by atoms with van der Waals surface area (Å²) < 4.78 is 21.0. The van der Waals surface area contributed by atoms with E-state index in [-0.39, 0.29) is 11.7 Å². The topological polar surface area (TPSA) is 41.2 Å². The molecule has 2 aromatic rings. The van der Waals surface area contributed by atoms with Crippen molar-refractivity contribution in [2.45, 2.75) is 20.4 Å². The van der Waals surface area contributed by atoms with Gasteiger partial charge in [-0.05, 0) is 37.6 Å². The number of rotatable bonds is 4. The van der Waals surface area contributed by atoms with Crippen molar-refractivity contribution in [2.24, 2.45) is 5.92 Å². The highest BCUT2D eigenvalue weighted by molar-refractivity contribution is 5.85. The van der Waals surface area contributed by atoms with Gasteiger partial charge in [-0.2, -0.15) is 5.26 Å². The second-order valence-corrected chi connectivity index (χ2v) is 6.22. The Balaban J connectivity index is 1.84. The minimum atomic E-state index is -0.220. The number of nitrogens with zero attached hydrogens (tertiary/aromatic N) is 3. The molecule has 0 saturated carbocycles. The average Bonchev–Trinajstić information content (AvgIpc) is 2.79. The van der Waals surface area contributed by atoms with Crippen molar-refractivity contribution < 1.29 is 9.13 Å². The zero-order valence-corrected chi connectivity index (χ0v) is 13.7. The molecule has 3 rings (SSSR count). The molecular formula is C18H22FN3O. The molecule has 4 nitrogen and oxygen atoms in total. The van der Waals surface area contributed by atoms with E-state index in [1.54, 1.807) is 6.07 Å². The normalized spacial score (nSPS) is 17.3. The number of halogens is 1. The molecule has 5 heteroatoms. The van der Waals surface area contributed by atoms with Crippen LogP contribution in [0.5, 0.6) is 0 Å². The second-order valence-electron chi connectivity index (χ2n) is 6.22. The molecule has 0 spiro atoms. The van der Waals surface area contributed by atoms with Gasteiger partial charge in [-0.25, -0.2) is 4.39 Å². The van der Waals surface area contributed by atoms with Gasteiger partial charge in [-0.3, -0.25) is 4.90 Å². The first-order chi connectivity index (χ1) is 11.1. The largest absolute Gasteiger partial charge is 0.379 e. The number of hydrogen-bond acceptors (Lipinski definition) is 3. The van der Waals surface area contributed by atoms with Crippen molar-refractivity contribution >= 4 is 10.9 Å². The molecule has 1 aliphatic heterocycles. The van der Waals surface area contributed by atoms with E-state index < -0.39 is 0 Å². The van der Waals surface area contributed by atoms with Crippen LogP contribution in [0.3, 0.4) is 0 Å². The molecule has 0 radical (unpaired) electrons. The Bertz CT molecular complexity index is 741. The zero-order valence-electron chi connectivity index (χ0n) is 13.7. The van der Waals surface area contributed by atoms with Crippen LogP contribution < -0.4 is 0 Å². The standard InChI is InChI=1S/C18H22FN3O/c1-13-14(2)22(18-4-3-16(19)9-17(13)18)12-15(10-20)11-21-5-7-23-8-6-21/h3-4,9,15H,5-8,11-12H2,1-2H3. The van der Waals surface area contributed by atoms with Crippen LogP contribution in [0.15, 0.2) is 18.2 Å². The highest BCUT2D eigenvalue weighted by Crippen LogP contribution is 2.27. The minimum absolute atomic E-state index is 0.0909. The molecule has 1 aliphatic rings. The second kappa shape index (κ2) is 6.69. The van der Waals surface area contributed by atoms with Crippen LogP contribution >= 0.6 is 0 Å². The molecule has 1 saturated heterocycles. The number of fused-ring (bicyclic) bond motifs is 1. The number of morpholine rings is 1. The van der Waals surface area contributed by atoms with Gasteiger partial charge >= 0.3 is 0 Å². The third kappa shape index (κ3) is 3.24. The maximum atomic E-state index is 13.5. The van der Waals surface area contributed by atoms with Crippen LogP contribution in [0.25, 0.3) is 10.9 Å². The Morgan fingerprint density at radius 2 is 2.00 bits per heavy atom. The molecule has 0 N–H and O–H groups in total. The van der Waals surface area contributed by atoms with Gasteiger partial charge < -0.3 is 9.30 Å². The van der Waals surface area contributed by atoms with Crippen LogP contribution in [0.4, 0.5) is 4.39 Å². The SMILES string of the molecule is Cc1c(C)n(CC(C#N)CN2CCOCC2)c2ccc(F)cc12. The van der Waals surface area contributed by atoms with Crippen LogP contribution in [-0.4, -0.2) is 42.3 Å². The van der Waals surface area contributed by atoms with Gasteiger partial charge in [-0.1, -0.05) is 0 Å². The van der Waals surface area contributed by atoms with Gasteiger partial charge in [0.25, 0.3) is 0 Å². The van der Waals surface area contributed by atoms with Crippen molar-refractivity contribution in [3.8, 4) is 6.07 Å². The fraction of sp³-hybridized carbons (Fsp3) is 0.500. The van der Waals surface area contributed by atoms with Gasteiger partial charge in [0.1, 0.15) is 5.82 Å². The molecule has 1 atom stereocenters. The number of nitriles is 1. The Morgan fingerprint density at radius 1 is 1.26 bits per heavy atom. The fourth-order valence-corrected chi connectivity index (χ4v) is 3.31. The number of aromatic nitrogens is 1. The van der Waals surface area contributed by atoms with Gasteiger partial charge in [0.05, 0.1) is 25.2 Å². The molecule has 0 bridgehead atoms. The van der Waals surface area contributed by atoms with E-state index in [9.17, 15) is 9.65 Å². The number of benzene rings is 1. The summed E-state index contributed by atoms with van der Waals surface area (Å²) in [6.45, 7) is 8.67. The average molecular weight is 315 g/mol. The Hall–Kier alpha value is -1.90. The highest BCUT2D eigenvalue weighted by Gasteiger charge is 2.19. The maximum Gasteiger partial charge on any atom is 0.123 e. The van der Waals surface area contributed by atoms with Crippen molar-refractivity contribution in [1.82, 2.24) is 9.47 Å². The zero-order chi connectivity index (χ0) is 16.4. The summed E-state index contributed by atoms with van der Waals surface area (Å²) >= 11 is 0. The van der Waals surface area contributed by atoms with Crippen molar-refractivity contribution in [1.29, 1.82) is 5.26 Å². The van der Waals surface area contributed by atoms with Crippen molar-refractivity contribution in [3.05, 3.63) is 35.3 Å². The van der Waals surface area contributed by atoms with Crippen LogP contribution in [0.1, 0.15) is 11.3 Å². The molecule has 2 heterocycles. The van der Waals surface area contributed by atoms with Gasteiger partial charge in [0.2, 0.25) is 0 Å². The Kier molecular flexibility index (Phi) is 4.65. The van der Waals surface area contributed by atoms with Gasteiger partial charge in [0.15, 0.2) is 0 Å². The van der Waals surface area contributed by atoms with E-state index in [1.807, 2.05) is 19.9 Å². The first kappa shape index (κ1) is 16.0. The van der Waals surface area contributed by atoms with Crippen LogP contribution in [0, 0.1) is 36.9 Å². The lowest BCUT2D eigenvalue weighted by atomic mass is 10.1. The highest BCUT2D eigenvalue weighted by atomic mass is 19.1. The molecule has 1 aromatic heterocycles.